The number of halogens is 2. The van der Waals surface area contributed by atoms with E-state index in [9.17, 15) is 9.90 Å². The van der Waals surface area contributed by atoms with Gasteiger partial charge in [-0.2, -0.15) is 0 Å². The second-order valence-corrected chi connectivity index (χ2v) is 8.37. The lowest BCUT2D eigenvalue weighted by Gasteiger charge is -2.36. The largest absolute Gasteiger partial charge is 0.387 e. The third kappa shape index (κ3) is 3.34. The molecule has 7 heteroatoms. The van der Waals surface area contributed by atoms with Crippen LogP contribution in [0.1, 0.15) is 30.5 Å². The van der Waals surface area contributed by atoms with Gasteiger partial charge in [0, 0.05) is 29.9 Å². The molecule has 0 spiro atoms. The number of hydrogen-bond donors (Lipinski definition) is 2. The highest BCUT2D eigenvalue weighted by Crippen LogP contribution is 2.53. The Morgan fingerprint density at radius 1 is 1.30 bits per heavy atom. The number of fused-ring (bicyclic) bond motifs is 2. The van der Waals surface area contributed by atoms with Gasteiger partial charge in [-0.25, -0.2) is 0 Å². The number of carbonyl (C=O) groups is 1. The monoisotopic (exact) mass is 406 g/mol. The van der Waals surface area contributed by atoms with Gasteiger partial charge in [-0.3, -0.25) is 9.78 Å². The Morgan fingerprint density at radius 2 is 2.07 bits per heavy atom. The van der Waals surface area contributed by atoms with Crippen LogP contribution in [0.4, 0.5) is 5.69 Å². The van der Waals surface area contributed by atoms with Crippen molar-refractivity contribution < 1.29 is 14.6 Å². The van der Waals surface area contributed by atoms with Crippen LogP contribution < -0.4 is 5.32 Å². The van der Waals surface area contributed by atoms with Crippen LogP contribution >= 0.6 is 23.2 Å². The predicted octanol–water partition coefficient (Wildman–Crippen LogP) is 3.96. The van der Waals surface area contributed by atoms with Crippen molar-refractivity contribution in [2.24, 2.45) is 5.92 Å². The van der Waals surface area contributed by atoms with Crippen LogP contribution in [0.2, 0.25) is 10.0 Å². The van der Waals surface area contributed by atoms with E-state index in [1.807, 2.05) is 19.1 Å². The molecule has 1 amide bonds. The summed E-state index contributed by atoms with van der Waals surface area (Å²) in [5.74, 6) is -0.814. The lowest BCUT2D eigenvalue weighted by Crippen LogP contribution is -2.47. The summed E-state index contributed by atoms with van der Waals surface area (Å²) >= 11 is 12.0. The van der Waals surface area contributed by atoms with Crippen molar-refractivity contribution in [3.05, 3.63) is 57.8 Å². The number of anilines is 1. The molecule has 2 bridgehead atoms. The molecule has 2 fully saturated rings. The van der Waals surface area contributed by atoms with Crippen LogP contribution in [0.3, 0.4) is 0 Å². The Labute approximate surface area is 167 Å². The standard InChI is InChI=1S/C20H20Cl2N2O3/c1-10-7-11(5-6-23-10)16-17(15-9-20(2,26)18(16)27-15)19(25)24-12-3-4-13(21)14(22)8-12/h3-8,15-18,26H,9H2,1-2H3,(H,24,25). The van der Waals surface area contributed by atoms with Crippen LogP contribution in [-0.2, 0) is 9.53 Å². The van der Waals surface area contributed by atoms with Gasteiger partial charge in [-0.05, 0) is 49.7 Å². The van der Waals surface area contributed by atoms with Crippen LogP contribution in [0, 0.1) is 12.8 Å². The lowest BCUT2D eigenvalue weighted by molar-refractivity contribution is -0.122. The number of hydrogen-bond acceptors (Lipinski definition) is 4. The van der Waals surface area contributed by atoms with Crippen LogP contribution in [0.5, 0.6) is 0 Å². The van der Waals surface area contributed by atoms with E-state index in [2.05, 4.69) is 10.3 Å². The second kappa shape index (κ2) is 6.74. The second-order valence-electron chi connectivity index (χ2n) is 7.56. The Kier molecular flexibility index (Phi) is 4.67. The van der Waals surface area contributed by atoms with E-state index in [0.717, 1.165) is 11.3 Å². The molecule has 5 unspecified atom stereocenters. The van der Waals surface area contributed by atoms with Gasteiger partial charge in [0.25, 0.3) is 0 Å². The van der Waals surface area contributed by atoms with Crippen molar-refractivity contribution in [3.63, 3.8) is 0 Å². The SMILES string of the molecule is Cc1cc(C2C(C(=O)Nc3ccc(Cl)c(Cl)c3)C3CC(C)(O)C2O3)ccn1. The number of amides is 1. The zero-order valence-corrected chi connectivity index (χ0v) is 16.5. The van der Waals surface area contributed by atoms with E-state index in [1.54, 1.807) is 31.3 Å². The van der Waals surface area contributed by atoms with E-state index in [1.165, 1.54) is 0 Å². The normalized spacial score (nSPS) is 31.9. The molecule has 0 radical (unpaired) electrons. The summed E-state index contributed by atoms with van der Waals surface area (Å²) in [7, 11) is 0. The van der Waals surface area contributed by atoms with Gasteiger partial charge in [0.15, 0.2) is 0 Å². The summed E-state index contributed by atoms with van der Waals surface area (Å²) < 4.78 is 6.03. The third-order valence-electron chi connectivity index (χ3n) is 5.46. The maximum absolute atomic E-state index is 13.1. The highest BCUT2D eigenvalue weighted by Gasteiger charge is 2.61. The van der Waals surface area contributed by atoms with Crippen molar-refractivity contribution in [2.75, 3.05) is 5.32 Å². The molecule has 142 valence electrons. The number of ether oxygens (including phenoxy) is 1. The Morgan fingerprint density at radius 3 is 2.78 bits per heavy atom. The molecule has 0 saturated carbocycles. The molecule has 5 nitrogen and oxygen atoms in total. The van der Waals surface area contributed by atoms with Gasteiger partial charge in [-0.1, -0.05) is 23.2 Å². The summed E-state index contributed by atoms with van der Waals surface area (Å²) in [5, 5.41) is 14.5. The number of aromatic nitrogens is 1. The Balaban J connectivity index is 1.65. The summed E-state index contributed by atoms with van der Waals surface area (Å²) in [6, 6.07) is 8.81. The molecule has 2 aliphatic rings. The number of benzene rings is 1. The molecule has 2 aromatic rings. The first-order valence-electron chi connectivity index (χ1n) is 8.82. The third-order valence-corrected chi connectivity index (χ3v) is 6.20. The van der Waals surface area contributed by atoms with E-state index >= 15 is 0 Å². The number of nitrogens with one attached hydrogen (secondary N) is 1. The van der Waals surface area contributed by atoms with Crippen molar-refractivity contribution in [1.29, 1.82) is 0 Å². The smallest absolute Gasteiger partial charge is 0.230 e. The number of aryl methyl sites for hydroxylation is 1. The van der Waals surface area contributed by atoms with E-state index in [4.69, 9.17) is 27.9 Å². The fourth-order valence-electron chi connectivity index (χ4n) is 4.30. The molecule has 4 rings (SSSR count). The molecule has 2 aliphatic heterocycles. The first-order valence-corrected chi connectivity index (χ1v) is 9.58. The zero-order valence-electron chi connectivity index (χ0n) is 14.9. The molecular formula is C20H20Cl2N2O3. The quantitative estimate of drug-likeness (QED) is 0.808. The molecular weight excluding hydrogens is 387 g/mol. The average Bonchev–Trinajstić information content (AvgIpc) is 3.11. The van der Waals surface area contributed by atoms with Crippen molar-refractivity contribution in [3.8, 4) is 0 Å². The number of rotatable bonds is 3. The van der Waals surface area contributed by atoms with Gasteiger partial charge >= 0.3 is 0 Å². The topological polar surface area (TPSA) is 71.5 Å². The van der Waals surface area contributed by atoms with Crippen molar-refractivity contribution in [2.45, 2.75) is 44.0 Å². The molecule has 1 aromatic carbocycles. The lowest BCUT2D eigenvalue weighted by atomic mass is 9.69. The summed E-state index contributed by atoms with van der Waals surface area (Å²) in [5.41, 5.74) is 1.42. The fraction of sp³-hybridized carbons (Fsp3) is 0.400. The molecule has 2 saturated heterocycles. The number of nitrogens with zero attached hydrogens (tertiary/aromatic N) is 1. The van der Waals surface area contributed by atoms with Crippen LogP contribution in [0.15, 0.2) is 36.5 Å². The van der Waals surface area contributed by atoms with Crippen LogP contribution in [0.25, 0.3) is 0 Å². The minimum Gasteiger partial charge on any atom is -0.387 e. The number of pyridine rings is 1. The van der Waals surface area contributed by atoms with Gasteiger partial charge in [0.05, 0.1) is 33.8 Å². The maximum atomic E-state index is 13.1. The van der Waals surface area contributed by atoms with Gasteiger partial charge in [0.1, 0.15) is 0 Å². The molecule has 3 heterocycles. The predicted molar refractivity (Wildman–Crippen MR) is 104 cm³/mol. The minimum atomic E-state index is -0.965. The molecule has 0 aliphatic carbocycles. The molecule has 5 atom stereocenters. The Hall–Kier alpha value is -1.66. The highest BCUT2D eigenvalue weighted by atomic mass is 35.5. The van der Waals surface area contributed by atoms with E-state index < -0.39 is 17.6 Å². The molecule has 1 aromatic heterocycles. The fourth-order valence-corrected chi connectivity index (χ4v) is 4.60. The highest BCUT2D eigenvalue weighted by molar-refractivity contribution is 6.42. The summed E-state index contributed by atoms with van der Waals surface area (Å²) in [6.45, 7) is 3.67. The number of carbonyl (C=O) groups excluding carboxylic acids is 1. The minimum absolute atomic E-state index is 0.157. The van der Waals surface area contributed by atoms with E-state index in [-0.39, 0.29) is 17.9 Å². The van der Waals surface area contributed by atoms with Gasteiger partial charge < -0.3 is 15.2 Å². The Bertz CT molecular complexity index is 903. The summed E-state index contributed by atoms with van der Waals surface area (Å²) in [4.78, 5) is 17.4. The molecule has 2 N–H and O–H groups in total. The first-order chi connectivity index (χ1) is 12.8. The molecule has 27 heavy (non-hydrogen) atoms. The van der Waals surface area contributed by atoms with Gasteiger partial charge in [0.2, 0.25) is 5.91 Å². The summed E-state index contributed by atoms with van der Waals surface area (Å²) in [6.07, 6.45) is 1.37. The van der Waals surface area contributed by atoms with E-state index in [0.29, 0.717) is 22.2 Å². The number of aliphatic hydroxyl groups is 1. The first kappa shape index (κ1) is 18.7. The maximum Gasteiger partial charge on any atom is 0.230 e. The zero-order chi connectivity index (χ0) is 19.3. The van der Waals surface area contributed by atoms with Crippen molar-refractivity contribution in [1.82, 2.24) is 4.98 Å². The van der Waals surface area contributed by atoms with Gasteiger partial charge in [-0.15, -0.1) is 0 Å². The van der Waals surface area contributed by atoms with Crippen molar-refractivity contribution >= 4 is 34.8 Å². The average molecular weight is 407 g/mol. The van der Waals surface area contributed by atoms with Crippen LogP contribution in [-0.4, -0.2) is 33.8 Å².